The fraction of sp³-hybridized carbons (Fsp3) is 0.500. The van der Waals surface area contributed by atoms with Crippen LogP contribution in [0.2, 0.25) is 5.02 Å². The quantitative estimate of drug-likeness (QED) is 0.904. The first-order valence-corrected chi connectivity index (χ1v) is 6.77. The summed E-state index contributed by atoms with van der Waals surface area (Å²) in [6.07, 6.45) is 6.25. The number of hydrogen-bond acceptors (Lipinski definition) is 3. The van der Waals surface area contributed by atoms with Crippen molar-refractivity contribution in [3.8, 4) is 6.07 Å². The van der Waals surface area contributed by atoms with Gasteiger partial charge in [-0.3, -0.25) is 9.78 Å². The summed E-state index contributed by atoms with van der Waals surface area (Å²) < 4.78 is 0. The molecule has 1 amide bonds. The minimum Gasteiger partial charge on any atom is -0.334 e. The molecular formula is C14H16ClN3O. The molecular weight excluding hydrogens is 262 g/mol. The fourth-order valence-corrected chi connectivity index (χ4v) is 2.57. The molecule has 0 unspecified atom stereocenters. The molecule has 19 heavy (non-hydrogen) atoms. The number of aromatic nitrogens is 1. The molecule has 0 spiro atoms. The smallest absolute Gasteiger partial charge is 0.254 e. The van der Waals surface area contributed by atoms with Crippen molar-refractivity contribution in [1.82, 2.24) is 10.3 Å². The van der Waals surface area contributed by atoms with E-state index in [9.17, 15) is 10.1 Å². The molecule has 4 nitrogen and oxygen atoms in total. The number of pyridine rings is 1. The van der Waals surface area contributed by atoms with Gasteiger partial charge >= 0.3 is 0 Å². The molecule has 5 heteroatoms. The van der Waals surface area contributed by atoms with Crippen LogP contribution in [0.25, 0.3) is 0 Å². The second-order valence-electron chi connectivity index (χ2n) is 5.19. The monoisotopic (exact) mass is 277 g/mol. The predicted octanol–water partition coefficient (Wildman–Crippen LogP) is 2.94. The molecule has 0 saturated heterocycles. The molecule has 1 fully saturated rings. The van der Waals surface area contributed by atoms with Gasteiger partial charge in [-0.25, -0.2) is 0 Å². The zero-order valence-corrected chi connectivity index (χ0v) is 11.6. The Hall–Kier alpha value is -1.60. The number of carbonyl (C=O) groups excluding carboxylic acids is 1. The van der Waals surface area contributed by atoms with Crippen molar-refractivity contribution >= 4 is 17.5 Å². The van der Waals surface area contributed by atoms with E-state index in [0.29, 0.717) is 29.3 Å². The van der Waals surface area contributed by atoms with Gasteiger partial charge in [0.25, 0.3) is 5.91 Å². The molecule has 0 aliphatic heterocycles. The minimum atomic E-state index is -0.754. The maximum absolute atomic E-state index is 12.2. The third-order valence-corrected chi connectivity index (χ3v) is 4.01. The Balaban J connectivity index is 2.14. The number of carbonyl (C=O) groups is 1. The SMILES string of the molecule is CC1CCC(C#N)(NC(=O)c2ccncc2Cl)CC1. The average Bonchev–Trinajstić information content (AvgIpc) is 2.42. The van der Waals surface area contributed by atoms with Crippen LogP contribution in [0.5, 0.6) is 0 Å². The van der Waals surface area contributed by atoms with Crippen LogP contribution in [-0.4, -0.2) is 16.4 Å². The van der Waals surface area contributed by atoms with E-state index < -0.39 is 5.54 Å². The van der Waals surface area contributed by atoms with Gasteiger partial charge in [0.05, 0.1) is 16.7 Å². The average molecular weight is 278 g/mol. The van der Waals surface area contributed by atoms with Gasteiger partial charge in [0, 0.05) is 12.4 Å². The summed E-state index contributed by atoms with van der Waals surface area (Å²) in [5.74, 6) is 0.311. The van der Waals surface area contributed by atoms with Crippen LogP contribution in [0, 0.1) is 17.2 Å². The predicted molar refractivity (Wildman–Crippen MR) is 72.7 cm³/mol. The summed E-state index contributed by atoms with van der Waals surface area (Å²) in [4.78, 5) is 16.0. The Kier molecular flexibility index (Phi) is 4.06. The van der Waals surface area contributed by atoms with Gasteiger partial charge in [-0.05, 0) is 37.7 Å². The zero-order chi connectivity index (χ0) is 13.9. The maximum Gasteiger partial charge on any atom is 0.254 e. The van der Waals surface area contributed by atoms with Crippen molar-refractivity contribution < 1.29 is 4.79 Å². The molecule has 0 atom stereocenters. The van der Waals surface area contributed by atoms with Crippen LogP contribution in [0.1, 0.15) is 43.0 Å². The van der Waals surface area contributed by atoms with E-state index in [1.165, 1.54) is 12.4 Å². The van der Waals surface area contributed by atoms with E-state index in [0.717, 1.165) is 12.8 Å². The maximum atomic E-state index is 12.2. The minimum absolute atomic E-state index is 0.302. The molecule has 1 aliphatic carbocycles. The first-order valence-electron chi connectivity index (χ1n) is 6.39. The van der Waals surface area contributed by atoms with Gasteiger partial charge in [-0.15, -0.1) is 0 Å². The van der Waals surface area contributed by atoms with Crippen LogP contribution >= 0.6 is 11.6 Å². The summed E-state index contributed by atoms with van der Waals surface area (Å²) in [6, 6.07) is 3.83. The second kappa shape index (κ2) is 5.58. The highest BCUT2D eigenvalue weighted by atomic mass is 35.5. The molecule has 100 valence electrons. The highest BCUT2D eigenvalue weighted by molar-refractivity contribution is 6.33. The zero-order valence-electron chi connectivity index (χ0n) is 10.8. The number of nitrogens with zero attached hydrogens (tertiary/aromatic N) is 2. The number of halogens is 1. The number of rotatable bonds is 2. The van der Waals surface area contributed by atoms with Crippen LogP contribution in [0.15, 0.2) is 18.5 Å². The molecule has 1 saturated carbocycles. The topological polar surface area (TPSA) is 65.8 Å². The van der Waals surface area contributed by atoms with E-state index in [4.69, 9.17) is 11.6 Å². The molecule has 0 bridgehead atoms. The Morgan fingerprint density at radius 1 is 1.58 bits per heavy atom. The van der Waals surface area contributed by atoms with Crippen molar-refractivity contribution in [2.24, 2.45) is 5.92 Å². The van der Waals surface area contributed by atoms with Gasteiger partial charge in [-0.2, -0.15) is 5.26 Å². The summed E-state index contributed by atoms with van der Waals surface area (Å²) >= 11 is 5.94. The van der Waals surface area contributed by atoms with E-state index in [1.807, 2.05) is 0 Å². The van der Waals surface area contributed by atoms with Crippen molar-refractivity contribution in [3.63, 3.8) is 0 Å². The van der Waals surface area contributed by atoms with Crippen LogP contribution in [0.4, 0.5) is 0 Å². The third-order valence-electron chi connectivity index (χ3n) is 3.71. The van der Waals surface area contributed by atoms with Gasteiger partial charge < -0.3 is 5.32 Å². The first-order chi connectivity index (χ1) is 9.06. The Bertz CT molecular complexity index is 516. The Labute approximate surface area is 117 Å². The molecule has 0 aromatic carbocycles. The first kappa shape index (κ1) is 13.8. The number of amides is 1. The summed E-state index contributed by atoms with van der Waals surface area (Å²) in [5, 5.41) is 12.5. The molecule has 1 N–H and O–H groups in total. The summed E-state index contributed by atoms with van der Waals surface area (Å²) in [6.45, 7) is 2.17. The summed E-state index contributed by atoms with van der Waals surface area (Å²) in [7, 11) is 0. The standard InChI is InChI=1S/C14H16ClN3O/c1-10-2-5-14(9-16,6-3-10)18-13(19)11-4-7-17-8-12(11)15/h4,7-8,10H,2-3,5-6H2,1H3,(H,18,19). The van der Waals surface area contributed by atoms with Crippen molar-refractivity contribution in [2.45, 2.75) is 38.1 Å². The van der Waals surface area contributed by atoms with Crippen LogP contribution in [-0.2, 0) is 0 Å². The van der Waals surface area contributed by atoms with E-state index in [2.05, 4.69) is 23.3 Å². The second-order valence-corrected chi connectivity index (χ2v) is 5.59. The summed E-state index contributed by atoms with van der Waals surface area (Å²) in [5.41, 5.74) is -0.388. The van der Waals surface area contributed by atoms with Crippen molar-refractivity contribution in [1.29, 1.82) is 5.26 Å². The highest BCUT2D eigenvalue weighted by Gasteiger charge is 2.36. The normalized spacial score (nSPS) is 26.5. The largest absolute Gasteiger partial charge is 0.334 e. The van der Waals surface area contributed by atoms with Crippen LogP contribution < -0.4 is 5.32 Å². The molecule has 1 aliphatic rings. The Morgan fingerprint density at radius 3 is 2.84 bits per heavy atom. The molecule has 1 aromatic rings. The number of hydrogen-bond donors (Lipinski definition) is 1. The lowest BCUT2D eigenvalue weighted by molar-refractivity contribution is 0.0894. The van der Waals surface area contributed by atoms with E-state index >= 15 is 0 Å². The third kappa shape index (κ3) is 3.05. The lowest BCUT2D eigenvalue weighted by Gasteiger charge is -2.34. The molecule has 1 heterocycles. The van der Waals surface area contributed by atoms with Gasteiger partial charge in [0.1, 0.15) is 5.54 Å². The van der Waals surface area contributed by atoms with Crippen molar-refractivity contribution in [3.05, 3.63) is 29.0 Å². The lowest BCUT2D eigenvalue weighted by Crippen LogP contribution is -2.49. The Morgan fingerprint density at radius 2 is 2.26 bits per heavy atom. The van der Waals surface area contributed by atoms with Crippen molar-refractivity contribution in [2.75, 3.05) is 0 Å². The lowest BCUT2D eigenvalue weighted by atomic mass is 9.78. The molecule has 2 rings (SSSR count). The van der Waals surface area contributed by atoms with E-state index in [-0.39, 0.29) is 5.91 Å². The van der Waals surface area contributed by atoms with Gasteiger partial charge in [0.2, 0.25) is 0 Å². The fourth-order valence-electron chi connectivity index (χ4n) is 2.36. The molecule has 1 aromatic heterocycles. The van der Waals surface area contributed by atoms with Crippen LogP contribution in [0.3, 0.4) is 0 Å². The number of nitrogens with one attached hydrogen (secondary N) is 1. The molecule has 0 radical (unpaired) electrons. The van der Waals surface area contributed by atoms with Gasteiger partial charge in [-0.1, -0.05) is 18.5 Å². The van der Waals surface area contributed by atoms with E-state index in [1.54, 1.807) is 6.07 Å². The number of nitriles is 1. The van der Waals surface area contributed by atoms with Gasteiger partial charge in [0.15, 0.2) is 0 Å². The highest BCUT2D eigenvalue weighted by Crippen LogP contribution is 2.31.